The maximum atomic E-state index is 13.5. The summed E-state index contributed by atoms with van der Waals surface area (Å²) in [6.07, 6.45) is 3.18. The van der Waals surface area contributed by atoms with Gasteiger partial charge in [-0.2, -0.15) is 0 Å². The standard InChI is InChI=1S/C23H20FN5O2/c1-15(18-3-2-4-19(24)12-18)28-23(30)29-9-10-31-22-20(29)11-17(14-27-22)6-5-16-7-8-21(25)26-13-16/h2-4,7-8,11-15H,9-10H2,1H3,(H2,25,26)(H,28,30)/t15-/m0/s1. The lowest BCUT2D eigenvalue weighted by atomic mass is 10.1. The number of nitrogens with one attached hydrogen (secondary N) is 1. The van der Waals surface area contributed by atoms with Crippen molar-refractivity contribution in [3.8, 4) is 17.7 Å². The Morgan fingerprint density at radius 1 is 1.19 bits per heavy atom. The van der Waals surface area contributed by atoms with Gasteiger partial charge in [0.15, 0.2) is 0 Å². The minimum absolute atomic E-state index is 0.323. The van der Waals surface area contributed by atoms with Crippen LogP contribution in [0, 0.1) is 17.7 Å². The Bertz CT molecular complexity index is 1170. The van der Waals surface area contributed by atoms with Crippen molar-refractivity contribution in [2.75, 3.05) is 23.8 Å². The molecule has 3 heterocycles. The van der Waals surface area contributed by atoms with Crippen LogP contribution in [0.25, 0.3) is 0 Å². The van der Waals surface area contributed by atoms with Crippen LogP contribution < -0.4 is 20.7 Å². The van der Waals surface area contributed by atoms with E-state index in [0.717, 1.165) is 0 Å². The van der Waals surface area contributed by atoms with Crippen molar-refractivity contribution in [3.63, 3.8) is 0 Å². The maximum Gasteiger partial charge on any atom is 0.322 e. The summed E-state index contributed by atoms with van der Waals surface area (Å²) in [5.41, 5.74) is 8.12. The highest BCUT2D eigenvalue weighted by Gasteiger charge is 2.26. The zero-order valence-corrected chi connectivity index (χ0v) is 16.8. The minimum Gasteiger partial charge on any atom is -0.474 e. The quantitative estimate of drug-likeness (QED) is 0.625. The summed E-state index contributed by atoms with van der Waals surface area (Å²) in [4.78, 5) is 22.8. The second-order valence-electron chi connectivity index (χ2n) is 7.00. The van der Waals surface area contributed by atoms with Gasteiger partial charge < -0.3 is 15.8 Å². The molecule has 8 heteroatoms. The zero-order chi connectivity index (χ0) is 21.8. The molecule has 0 aliphatic carbocycles. The van der Waals surface area contributed by atoms with Gasteiger partial charge in [0, 0.05) is 23.5 Å². The van der Waals surface area contributed by atoms with Crippen LogP contribution in [0.15, 0.2) is 54.9 Å². The van der Waals surface area contributed by atoms with Crippen LogP contribution in [0.5, 0.6) is 5.88 Å². The molecule has 2 aromatic heterocycles. The molecule has 156 valence electrons. The lowest BCUT2D eigenvalue weighted by Gasteiger charge is -2.30. The molecule has 0 radical (unpaired) electrons. The average Bonchev–Trinajstić information content (AvgIpc) is 2.78. The number of aromatic nitrogens is 2. The average molecular weight is 417 g/mol. The molecule has 0 spiro atoms. The summed E-state index contributed by atoms with van der Waals surface area (Å²) in [6.45, 7) is 2.48. The van der Waals surface area contributed by atoms with Crippen LogP contribution >= 0.6 is 0 Å². The van der Waals surface area contributed by atoms with Crippen molar-refractivity contribution in [2.24, 2.45) is 0 Å². The Hall–Kier alpha value is -4.12. The van der Waals surface area contributed by atoms with Crippen molar-refractivity contribution < 1.29 is 13.9 Å². The number of carbonyl (C=O) groups excluding carboxylic acids is 1. The highest BCUT2D eigenvalue weighted by Crippen LogP contribution is 2.30. The number of pyridine rings is 2. The van der Waals surface area contributed by atoms with Crippen molar-refractivity contribution in [3.05, 3.63) is 77.4 Å². The predicted octanol–water partition coefficient (Wildman–Crippen LogP) is 3.27. The summed E-state index contributed by atoms with van der Waals surface area (Å²) in [7, 11) is 0. The van der Waals surface area contributed by atoms with Crippen molar-refractivity contribution in [1.29, 1.82) is 0 Å². The molecular formula is C23H20FN5O2. The van der Waals surface area contributed by atoms with Gasteiger partial charge in [-0.15, -0.1) is 0 Å². The van der Waals surface area contributed by atoms with E-state index < -0.39 is 0 Å². The van der Waals surface area contributed by atoms with Gasteiger partial charge in [0.2, 0.25) is 5.88 Å². The summed E-state index contributed by atoms with van der Waals surface area (Å²) in [5.74, 6) is 6.44. The number of carbonyl (C=O) groups is 1. The van der Waals surface area contributed by atoms with Crippen LogP contribution in [0.3, 0.4) is 0 Å². The summed E-state index contributed by atoms with van der Waals surface area (Å²) in [5, 5.41) is 2.90. The number of amides is 2. The number of urea groups is 1. The van der Waals surface area contributed by atoms with Crippen LogP contribution in [-0.4, -0.2) is 29.2 Å². The van der Waals surface area contributed by atoms with Gasteiger partial charge in [0.1, 0.15) is 23.9 Å². The van der Waals surface area contributed by atoms with Gasteiger partial charge in [-0.05, 0) is 42.8 Å². The number of nitrogens with zero attached hydrogens (tertiary/aromatic N) is 3. The number of hydrogen-bond acceptors (Lipinski definition) is 5. The lowest BCUT2D eigenvalue weighted by molar-refractivity contribution is 0.236. The summed E-state index contributed by atoms with van der Waals surface area (Å²) in [6, 6.07) is 10.7. The van der Waals surface area contributed by atoms with E-state index >= 15 is 0 Å². The number of anilines is 2. The number of ether oxygens (including phenoxy) is 1. The molecule has 0 unspecified atom stereocenters. The molecule has 4 rings (SSSR count). The molecule has 0 saturated heterocycles. The normalized spacial score (nSPS) is 13.3. The lowest BCUT2D eigenvalue weighted by Crippen LogP contribution is -2.45. The maximum absolute atomic E-state index is 13.5. The molecule has 0 bridgehead atoms. The molecule has 3 N–H and O–H groups in total. The molecule has 1 atom stereocenters. The van der Waals surface area contributed by atoms with E-state index in [1.165, 1.54) is 12.1 Å². The fourth-order valence-corrected chi connectivity index (χ4v) is 3.12. The van der Waals surface area contributed by atoms with Gasteiger partial charge >= 0.3 is 6.03 Å². The van der Waals surface area contributed by atoms with Gasteiger partial charge in [0.25, 0.3) is 0 Å². The van der Waals surface area contributed by atoms with Gasteiger partial charge in [-0.25, -0.2) is 19.2 Å². The molecule has 0 saturated carbocycles. The van der Waals surface area contributed by atoms with Gasteiger partial charge in [-0.3, -0.25) is 4.90 Å². The first-order valence-corrected chi connectivity index (χ1v) is 9.69. The van der Waals surface area contributed by atoms with E-state index in [1.54, 1.807) is 54.5 Å². The smallest absolute Gasteiger partial charge is 0.322 e. The Morgan fingerprint density at radius 2 is 2.00 bits per heavy atom. The van der Waals surface area contributed by atoms with E-state index in [1.807, 2.05) is 0 Å². The first-order valence-electron chi connectivity index (χ1n) is 9.69. The predicted molar refractivity (Wildman–Crippen MR) is 115 cm³/mol. The molecular weight excluding hydrogens is 397 g/mol. The van der Waals surface area contributed by atoms with Crippen molar-refractivity contribution >= 4 is 17.5 Å². The highest BCUT2D eigenvalue weighted by atomic mass is 19.1. The van der Waals surface area contributed by atoms with E-state index in [-0.39, 0.29) is 17.9 Å². The summed E-state index contributed by atoms with van der Waals surface area (Å²) >= 11 is 0. The Labute approximate surface area is 179 Å². The molecule has 7 nitrogen and oxygen atoms in total. The largest absolute Gasteiger partial charge is 0.474 e. The van der Waals surface area contributed by atoms with E-state index in [2.05, 4.69) is 27.1 Å². The number of fused-ring (bicyclic) bond motifs is 1. The minimum atomic E-state index is -0.372. The second-order valence-corrected chi connectivity index (χ2v) is 7.00. The number of halogens is 1. The highest BCUT2D eigenvalue weighted by molar-refractivity contribution is 5.94. The fraction of sp³-hybridized carbons (Fsp3) is 0.174. The molecule has 1 aliphatic heterocycles. The first kappa shape index (κ1) is 20.2. The first-order chi connectivity index (χ1) is 15.0. The second kappa shape index (κ2) is 8.71. The number of hydrogen-bond donors (Lipinski definition) is 2. The number of nitrogen functional groups attached to an aromatic ring is 1. The Balaban J connectivity index is 1.54. The third-order valence-electron chi connectivity index (χ3n) is 4.75. The fourth-order valence-electron chi connectivity index (χ4n) is 3.12. The van der Waals surface area contributed by atoms with Gasteiger partial charge in [0.05, 0.1) is 12.6 Å². The van der Waals surface area contributed by atoms with Crippen LogP contribution in [0.2, 0.25) is 0 Å². The van der Waals surface area contributed by atoms with Crippen LogP contribution in [-0.2, 0) is 0 Å². The van der Waals surface area contributed by atoms with Crippen LogP contribution in [0.1, 0.15) is 29.7 Å². The Kier molecular flexibility index (Phi) is 5.67. The van der Waals surface area contributed by atoms with E-state index in [0.29, 0.717) is 47.2 Å². The van der Waals surface area contributed by atoms with Crippen molar-refractivity contribution in [1.82, 2.24) is 15.3 Å². The molecule has 3 aromatic rings. The molecule has 31 heavy (non-hydrogen) atoms. The zero-order valence-electron chi connectivity index (χ0n) is 16.8. The number of benzene rings is 1. The Morgan fingerprint density at radius 3 is 2.77 bits per heavy atom. The molecule has 1 aromatic carbocycles. The van der Waals surface area contributed by atoms with E-state index in [4.69, 9.17) is 10.5 Å². The molecule has 0 fully saturated rings. The monoisotopic (exact) mass is 417 g/mol. The third-order valence-corrected chi connectivity index (χ3v) is 4.75. The number of nitrogens with two attached hydrogens (primary N) is 1. The summed E-state index contributed by atoms with van der Waals surface area (Å²) < 4.78 is 19.1. The third kappa shape index (κ3) is 4.73. The van der Waals surface area contributed by atoms with Crippen molar-refractivity contribution in [2.45, 2.75) is 13.0 Å². The SMILES string of the molecule is C[C@H](NC(=O)N1CCOc2ncc(C#Cc3ccc(N)nc3)cc21)c1cccc(F)c1. The molecule has 2 amide bonds. The number of rotatable bonds is 2. The topological polar surface area (TPSA) is 93.4 Å². The van der Waals surface area contributed by atoms with Crippen LogP contribution in [0.4, 0.5) is 20.7 Å². The van der Waals surface area contributed by atoms with E-state index in [9.17, 15) is 9.18 Å². The molecule has 1 aliphatic rings. The van der Waals surface area contributed by atoms with Gasteiger partial charge in [-0.1, -0.05) is 24.0 Å².